The normalized spacial score (nSPS) is 20.5. The number of benzene rings is 1. The monoisotopic (exact) mass is 234 g/mol. The minimum atomic E-state index is -0.213. The van der Waals surface area contributed by atoms with Crippen LogP contribution in [-0.4, -0.2) is 17.8 Å². The molecule has 1 aromatic rings. The summed E-state index contributed by atoms with van der Waals surface area (Å²) in [4.78, 5) is 0. The van der Waals surface area contributed by atoms with Crippen molar-refractivity contribution in [1.29, 1.82) is 0 Å². The van der Waals surface area contributed by atoms with Crippen molar-refractivity contribution in [3.8, 4) is 5.75 Å². The molecule has 0 amide bonds. The van der Waals surface area contributed by atoms with Gasteiger partial charge in [-0.15, -0.1) is 0 Å². The van der Waals surface area contributed by atoms with Gasteiger partial charge in [0, 0.05) is 5.92 Å². The van der Waals surface area contributed by atoms with Gasteiger partial charge in [0.25, 0.3) is 0 Å². The molecule has 0 bridgehead atoms. The summed E-state index contributed by atoms with van der Waals surface area (Å²) in [5.74, 6) is 1.26. The highest BCUT2D eigenvalue weighted by Gasteiger charge is 2.25. The Morgan fingerprint density at radius 2 is 2.18 bits per heavy atom. The maximum absolute atomic E-state index is 10.1. The van der Waals surface area contributed by atoms with Crippen molar-refractivity contribution in [1.82, 2.24) is 0 Å². The van der Waals surface area contributed by atoms with Crippen molar-refractivity contribution < 1.29 is 9.84 Å². The Bertz CT molecular complexity index is 349. The average molecular weight is 234 g/mol. The fraction of sp³-hybridized carbons (Fsp3) is 0.600. The first-order valence-electron chi connectivity index (χ1n) is 6.70. The summed E-state index contributed by atoms with van der Waals surface area (Å²) in [6.45, 7) is 2.84. The molecule has 2 unspecified atom stereocenters. The number of hydrogen-bond acceptors (Lipinski definition) is 2. The first-order chi connectivity index (χ1) is 8.31. The summed E-state index contributed by atoms with van der Waals surface area (Å²) in [6, 6.07) is 8.14. The van der Waals surface area contributed by atoms with Gasteiger partial charge in [-0.2, -0.15) is 0 Å². The summed E-state index contributed by atoms with van der Waals surface area (Å²) in [5, 5.41) is 10.1. The Hall–Kier alpha value is -1.02. The molecule has 0 saturated heterocycles. The number of aliphatic hydroxyl groups is 1. The lowest BCUT2D eigenvalue weighted by molar-refractivity contribution is 0.0569. The molecule has 1 aliphatic rings. The summed E-state index contributed by atoms with van der Waals surface area (Å²) in [5.41, 5.74) is 1.23. The summed E-state index contributed by atoms with van der Waals surface area (Å²) in [6.07, 6.45) is 5.18. The van der Waals surface area contributed by atoms with Crippen molar-refractivity contribution in [3.05, 3.63) is 29.8 Å². The second-order valence-electron chi connectivity index (χ2n) is 4.95. The minimum Gasteiger partial charge on any atom is -0.493 e. The smallest absolute Gasteiger partial charge is 0.122 e. The molecule has 2 rings (SSSR count). The van der Waals surface area contributed by atoms with Crippen LogP contribution in [0.2, 0.25) is 0 Å². The highest BCUT2D eigenvalue weighted by atomic mass is 16.5. The molecule has 1 aliphatic heterocycles. The highest BCUT2D eigenvalue weighted by Crippen LogP contribution is 2.29. The minimum absolute atomic E-state index is 0.213. The number of para-hydroxylation sites is 1. The Morgan fingerprint density at radius 3 is 3.00 bits per heavy atom. The molecule has 0 fully saturated rings. The summed E-state index contributed by atoms with van der Waals surface area (Å²) in [7, 11) is 0. The summed E-state index contributed by atoms with van der Waals surface area (Å²) >= 11 is 0. The van der Waals surface area contributed by atoms with E-state index in [1.54, 1.807) is 0 Å². The second-order valence-corrected chi connectivity index (χ2v) is 4.95. The third kappa shape index (κ3) is 3.22. The van der Waals surface area contributed by atoms with Gasteiger partial charge in [-0.25, -0.2) is 0 Å². The van der Waals surface area contributed by atoms with Crippen molar-refractivity contribution >= 4 is 0 Å². The van der Waals surface area contributed by atoms with Crippen LogP contribution in [0.15, 0.2) is 24.3 Å². The third-order valence-electron chi connectivity index (χ3n) is 3.56. The van der Waals surface area contributed by atoms with Gasteiger partial charge in [0.15, 0.2) is 0 Å². The number of fused-ring (bicyclic) bond motifs is 1. The van der Waals surface area contributed by atoms with Crippen LogP contribution in [0.5, 0.6) is 5.75 Å². The quantitative estimate of drug-likeness (QED) is 0.793. The molecular formula is C15H22O2. The molecule has 0 spiro atoms. The molecule has 0 radical (unpaired) electrons. The molecule has 1 heterocycles. The molecule has 0 saturated carbocycles. The maximum atomic E-state index is 10.1. The largest absolute Gasteiger partial charge is 0.493 e. The first-order valence-corrected chi connectivity index (χ1v) is 6.70. The summed E-state index contributed by atoms with van der Waals surface area (Å²) < 4.78 is 5.70. The van der Waals surface area contributed by atoms with Gasteiger partial charge in [0.1, 0.15) is 5.75 Å². The van der Waals surface area contributed by atoms with E-state index in [1.807, 2.05) is 18.2 Å². The van der Waals surface area contributed by atoms with Crippen LogP contribution in [0.25, 0.3) is 0 Å². The Morgan fingerprint density at radius 1 is 1.35 bits per heavy atom. The first kappa shape index (κ1) is 12.4. The number of rotatable bonds is 5. The molecule has 2 nitrogen and oxygen atoms in total. The van der Waals surface area contributed by atoms with Crippen LogP contribution < -0.4 is 4.74 Å². The highest BCUT2D eigenvalue weighted by molar-refractivity contribution is 5.35. The predicted molar refractivity (Wildman–Crippen MR) is 69.3 cm³/mol. The molecule has 2 atom stereocenters. The Kier molecular flexibility index (Phi) is 4.43. The van der Waals surface area contributed by atoms with E-state index in [1.165, 1.54) is 18.4 Å². The van der Waals surface area contributed by atoms with E-state index in [-0.39, 0.29) is 12.0 Å². The van der Waals surface area contributed by atoms with Crippen molar-refractivity contribution in [3.63, 3.8) is 0 Å². The van der Waals surface area contributed by atoms with Crippen molar-refractivity contribution in [2.24, 2.45) is 5.92 Å². The van der Waals surface area contributed by atoms with Crippen LogP contribution in [0.3, 0.4) is 0 Å². The number of aliphatic hydroxyl groups excluding tert-OH is 1. The van der Waals surface area contributed by atoms with Gasteiger partial charge in [-0.05, 0) is 24.5 Å². The molecule has 94 valence electrons. The van der Waals surface area contributed by atoms with Crippen molar-refractivity contribution in [2.75, 3.05) is 6.61 Å². The predicted octanol–water partition coefficient (Wildman–Crippen LogP) is 3.18. The van der Waals surface area contributed by atoms with Crippen LogP contribution >= 0.6 is 0 Å². The zero-order valence-corrected chi connectivity index (χ0v) is 10.6. The van der Waals surface area contributed by atoms with E-state index >= 15 is 0 Å². The average Bonchev–Trinajstić information content (AvgIpc) is 2.38. The van der Waals surface area contributed by atoms with E-state index in [2.05, 4.69) is 13.0 Å². The molecule has 0 aromatic heterocycles. The number of hydrogen-bond donors (Lipinski definition) is 1. The van der Waals surface area contributed by atoms with Gasteiger partial charge in [0.2, 0.25) is 0 Å². The second kappa shape index (κ2) is 6.06. The molecule has 1 aromatic carbocycles. The molecular weight excluding hydrogens is 212 g/mol. The van der Waals surface area contributed by atoms with Crippen LogP contribution in [0.1, 0.15) is 38.2 Å². The maximum Gasteiger partial charge on any atom is 0.122 e. The lowest BCUT2D eigenvalue weighted by Gasteiger charge is -2.28. The molecule has 1 N–H and O–H groups in total. The van der Waals surface area contributed by atoms with Gasteiger partial charge < -0.3 is 9.84 Å². The van der Waals surface area contributed by atoms with Crippen LogP contribution in [0, 0.1) is 5.92 Å². The molecule has 0 aliphatic carbocycles. The molecule has 2 heteroatoms. The standard InChI is InChI=1S/C15H22O2/c1-2-3-4-8-14(16)13-10-12-7-5-6-9-15(12)17-11-13/h5-7,9,13-14,16H,2-4,8,10-11H2,1H3. The van der Waals surface area contributed by atoms with Crippen molar-refractivity contribution in [2.45, 2.75) is 45.1 Å². The van der Waals surface area contributed by atoms with Gasteiger partial charge >= 0.3 is 0 Å². The Labute approximate surface area is 104 Å². The van der Waals surface area contributed by atoms with Gasteiger partial charge in [-0.3, -0.25) is 0 Å². The van der Waals surface area contributed by atoms with E-state index in [0.717, 1.165) is 25.0 Å². The fourth-order valence-electron chi connectivity index (χ4n) is 2.44. The topological polar surface area (TPSA) is 29.5 Å². The van der Waals surface area contributed by atoms with Crippen LogP contribution in [0.4, 0.5) is 0 Å². The third-order valence-corrected chi connectivity index (χ3v) is 3.56. The Balaban J connectivity index is 1.88. The molecule has 17 heavy (non-hydrogen) atoms. The SMILES string of the molecule is CCCCCC(O)C1COc2ccccc2C1. The van der Waals surface area contributed by atoms with Gasteiger partial charge in [0.05, 0.1) is 12.7 Å². The zero-order chi connectivity index (χ0) is 12.1. The van der Waals surface area contributed by atoms with Gasteiger partial charge in [-0.1, -0.05) is 44.4 Å². The van der Waals surface area contributed by atoms with E-state index in [9.17, 15) is 5.11 Å². The zero-order valence-electron chi connectivity index (χ0n) is 10.6. The number of ether oxygens (including phenoxy) is 1. The van der Waals surface area contributed by atoms with Crippen LogP contribution in [-0.2, 0) is 6.42 Å². The van der Waals surface area contributed by atoms with E-state index in [4.69, 9.17) is 4.74 Å². The fourth-order valence-corrected chi connectivity index (χ4v) is 2.44. The van der Waals surface area contributed by atoms with E-state index < -0.39 is 0 Å². The number of unbranched alkanes of at least 4 members (excludes halogenated alkanes) is 2. The lowest BCUT2D eigenvalue weighted by Crippen LogP contribution is -2.31. The lowest BCUT2D eigenvalue weighted by atomic mass is 9.89. The van der Waals surface area contributed by atoms with E-state index in [0.29, 0.717) is 6.61 Å².